The zero-order valence-corrected chi connectivity index (χ0v) is 6.55. The molecule has 1 aliphatic rings. The van der Waals surface area contributed by atoms with E-state index in [-0.39, 0.29) is 11.9 Å². The first-order chi connectivity index (χ1) is 4.72. The minimum absolute atomic E-state index is 0.0440. The molecule has 1 atom stereocenters. The number of hydrogen-bond acceptors (Lipinski definition) is 2. The van der Waals surface area contributed by atoms with Crippen LogP contribution >= 0.6 is 0 Å². The van der Waals surface area contributed by atoms with Gasteiger partial charge in [-0.2, -0.15) is 0 Å². The molecular formula is C7H14N2O. The van der Waals surface area contributed by atoms with Crippen LogP contribution in [0.15, 0.2) is 0 Å². The van der Waals surface area contributed by atoms with Crippen molar-refractivity contribution in [2.24, 2.45) is 0 Å². The van der Waals surface area contributed by atoms with Gasteiger partial charge in [-0.25, -0.2) is 0 Å². The van der Waals surface area contributed by atoms with E-state index in [4.69, 9.17) is 0 Å². The van der Waals surface area contributed by atoms with Crippen LogP contribution in [-0.2, 0) is 4.79 Å². The minimum Gasteiger partial charge on any atom is -0.355 e. The number of hydrogen-bond donors (Lipinski definition) is 1. The Morgan fingerprint density at radius 3 is 3.10 bits per heavy atom. The summed E-state index contributed by atoms with van der Waals surface area (Å²) in [7, 11) is 1.98. The third-order valence-electron chi connectivity index (χ3n) is 2.03. The smallest absolute Gasteiger partial charge is 0.237 e. The predicted octanol–water partition coefficient (Wildman–Crippen LogP) is -0.173. The van der Waals surface area contributed by atoms with E-state index in [1.165, 1.54) is 0 Å². The Morgan fingerprint density at radius 2 is 2.40 bits per heavy atom. The minimum atomic E-state index is 0.0440. The van der Waals surface area contributed by atoms with Crippen LogP contribution in [0.1, 0.15) is 13.3 Å². The molecule has 0 aromatic carbocycles. The van der Waals surface area contributed by atoms with Gasteiger partial charge in [-0.3, -0.25) is 9.69 Å². The van der Waals surface area contributed by atoms with Gasteiger partial charge >= 0.3 is 0 Å². The summed E-state index contributed by atoms with van der Waals surface area (Å²) in [6, 6.07) is 0.0440. The van der Waals surface area contributed by atoms with Crippen LogP contribution in [0.5, 0.6) is 0 Å². The predicted molar refractivity (Wildman–Crippen MR) is 39.7 cm³/mol. The molecule has 1 rings (SSSR count). The van der Waals surface area contributed by atoms with Crippen molar-refractivity contribution in [3.05, 3.63) is 0 Å². The molecule has 0 radical (unpaired) electrons. The highest BCUT2D eigenvalue weighted by atomic mass is 16.2. The Bertz CT molecular complexity index is 136. The van der Waals surface area contributed by atoms with Gasteiger partial charge < -0.3 is 5.32 Å². The first kappa shape index (κ1) is 7.54. The summed E-state index contributed by atoms with van der Waals surface area (Å²) in [4.78, 5) is 13.1. The average molecular weight is 142 g/mol. The van der Waals surface area contributed by atoms with Crippen molar-refractivity contribution in [1.82, 2.24) is 10.2 Å². The number of carbonyl (C=O) groups is 1. The zero-order valence-electron chi connectivity index (χ0n) is 6.55. The lowest BCUT2D eigenvalue weighted by atomic mass is 10.3. The standard InChI is InChI=1S/C7H14N2O/c1-6-7(10)8-4-3-5-9(6)2/h6H,3-5H2,1-2H3,(H,8,10). The van der Waals surface area contributed by atoms with Gasteiger partial charge in [0.1, 0.15) is 0 Å². The van der Waals surface area contributed by atoms with E-state index < -0.39 is 0 Å². The lowest BCUT2D eigenvalue weighted by molar-refractivity contribution is -0.124. The van der Waals surface area contributed by atoms with Crippen LogP contribution in [0.3, 0.4) is 0 Å². The summed E-state index contributed by atoms with van der Waals surface area (Å²) in [6.45, 7) is 3.77. The van der Waals surface area contributed by atoms with E-state index in [1.807, 2.05) is 14.0 Å². The summed E-state index contributed by atoms with van der Waals surface area (Å²) in [6.07, 6.45) is 1.06. The SMILES string of the molecule is CC1C(=O)NCCCN1C. The summed E-state index contributed by atoms with van der Waals surface area (Å²) < 4.78 is 0. The van der Waals surface area contributed by atoms with Gasteiger partial charge in [-0.1, -0.05) is 0 Å². The molecule has 0 aliphatic carbocycles. The molecule has 1 amide bonds. The van der Waals surface area contributed by atoms with Crippen molar-refractivity contribution in [3.63, 3.8) is 0 Å². The molecule has 3 heteroatoms. The summed E-state index contributed by atoms with van der Waals surface area (Å²) >= 11 is 0. The summed E-state index contributed by atoms with van der Waals surface area (Å²) in [5, 5.41) is 2.84. The highest BCUT2D eigenvalue weighted by molar-refractivity contribution is 5.81. The first-order valence-corrected chi connectivity index (χ1v) is 3.70. The van der Waals surface area contributed by atoms with Crippen LogP contribution in [-0.4, -0.2) is 37.0 Å². The fraction of sp³-hybridized carbons (Fsp3) is 0.857. The zero-order chi connectivity index (χ0) is 7.56. The van der Waals surface area contributed by atoms with Gasteiger partial charge in [-0.15, -0.1) is 0 Å². The number of rotatable bonds is 0. The maximum Gasteiger partial charge on any atom is 0.237 e. The second kappa shape index (κ2) is 3.01. The molecule has 0 saturated carbocycles. The van der Waals surface area contributed by atoms with Gasteiger partial charge in [0, 0.05) is 13.1 Å². The van der Waals surface area contributed by atoms with Crippen molar-refractivity contribution in [2.75, 3.05) is 20.1 Å². The van der Waals surface area contributed by atoms with Crippen molar-refractivity contribution in [1.29, 1.82) is 0 Å². The normalized spacial score (nSPS) is 29.4. The quantitative estimate of drug-likeness (QED) is 0.509. The molecule has 1 aliphatic heterocycles. The fourth-order valence-electron chi connectivity index (χ4n) is 1.08. The molecule has 58 valence electrons. The van der Waals surface area contributed by atoms with Gasteiger partial charge in [0.05, 0.1) is 6.04 Å². The van der Waals surface area contributed by atoms with Gasteiger partial charge in [0.2, 0.25) is 5.91 Å². The molecule has 1 unspecified atom stereocenters. The van der Waals surface area contributed by atoms with Crippen LogP contribution in [0.4, 0.5) is 0 Å². The lowest BCUT2D eigenvalue weighted by Gasteiger charge is -2.18. The summed E-state index contributed by atoms with van der Waals surface area (Å²) in [5.74, 6) is 0.153. The number of nitrogens with one attached hydrogen (secondary N) is 1. The molecule has 0 aromatic heterocycles. The third-order valence-corrected chi connectivity index (χ3v) is 2.03. The van der Waals surface area contributed by atoms with Crippen molar-refractivity contribution in [3.8, 4) is 0 Å². The maximum absolute atomic E-state index is 11.1. The molecule has 3 nitrogen and oxygen atoms in total. The van der Waals surface area contributed by atoms with Crippen LogP contribution in [0.2, 0.25) is 0 Å². The molecule has 1 saturated heterocycles. The third kappa shape index (κ3) is 1.48. The Morgan fingerprint density at radius 1 is 1.70 bits per heavy atom. The Balaban J connectivity index is 2.55. The molecule has 1 fully saturated rings. The molecular weight excluding hydrogens is 128 g/mol. The van der Waals surface area contributed by atoms with Gasteiger partial charge in [0.15, 0.2) is 0 Å². The monoisotopic (exact) mass is 142 g/mol. The second-order valence-electron chi connectivity index (χ2n) is 2.80. The highest BCUT2D eigenvalue weighted by Gasteiger charge is 2.19. The molecule has 0 aromatic rings. The highest BCUT2D eigenvalue weighted by Crippen LogP contribution is 2.00. The molecule has 0 spiro atoms. The Hall–Kier alpha value is -0.570. The van der Waals surface area contributed by atoms with Crippen LogP contribution in [0.25, 0.3) is 0 Å². The van der Waals surface area contributed by atoms with Gasteiger partial charge in [0.25, 0.3) is 0 Å². The first-order valence-electron chi connectivity index (χ1n) is 3.70. The largest absolute Gasteiger partial charge is 0.355 e. The van der Waals surface area contributed by atoms with E-state index in [0.29, 0.717) is 0 Å². The van der Waals surface area contributed by atoms with Crippen molar-refractivity contribution in [2.45, 2.75) is 19.4 Å². The second-order valence-corrected chi connectivity index (χ2v) is 2.80. The lowest BCUT2D eigenvalue weighted by Crippen LogP contribution is -2.39. The van der Waals surface area contributed by atoms with Crippen molar-refractivity contribution >= 4 is 5.91 Å². The Labute approximate surface area is 61.4 Å². The van der Waals surface area contributed by atoms with Gasteiger partial charge in [-0.05, 0) is 20.4 Å². The summed E-state index contributed by atoms with van der Waals surface area (Å²) in [5.41, 5.74) is 0. The molecule has 1 heterocycles. The number of carbonyl (C=O) groups excluding carboxylic acids is 1. The average Bonchev–Trinajstić information content (AvgIpc) is 2.04. The number of amides is 1. The van der Waals surface area contributed by atoms with E-state index in [9.17, 15) is 4.79 Å². The molecule has 1 N–H and O–H groups in total. The molecule has 10 heavy (non-hydrogen) atoms. The van der Waals surface area contributed by atoms with Crippen LogP contribution in [0, 0.1) is 0 Å². The topological polar surface area (TPSA) is 32.3 Å². The van der Waals surface area contributed by atoms with E-state index in [0.717, 1.165) is 19.5 Å². The van der Waals surface area contributed by atoms with E-state index in [1.54, 1.807) is 0 Å². The number of nitrogens with zero attached hydrogens (tertiary/aromatic N) is 1. The Kier molecular flexibility index (Phi) is 2.27. The van der Waals surface area contributed by atoms with E-state index in [2.05, 4.69) is 10.2 Å². The van der Waals surface area contributed by atoms with Crippen molar-refractivity contribution < 1.29 is 4.79 Å². The van der Waals surface area contributed by atoms with Crippen LogP contribution < -0.4 is 5.32 Å². The maximum atomic E-state index is 11.1. The molecule has 0 bridgehead atoms. The van der Waals surface area contributed by atoms with E-state index >= 15 is 0 Å². The number of likely N-dealkylation sites (N-methyl/N-ethyl adjacent to an activating group) is 1. The fourth-order valence-corrected chi connectivity index (χ4v) is 1.08.